The Hall–Kier alpha value is -0.0900. The molecule has 5 nitrogen and oxygen atoms in total. The average Bonchev–Trinajstić information content (AvgIpc) is 2.97. The molecule has 0 radical (unpaired) electrons. The van der Waals surface area contributed by atoms with Crippen LogP contribution in [0.5, 0.6) is 0 Å². The summed E-state index contributed by atoms with van der Waals surface area (Å²) in [4.78, 5) is 10.6. The van der Waals surface area contributed by atoms with E-state index in [2.05, 4.69) is 49.2 Å². The fraction of sp³-hybridized carbons (Fsp3) is 0.706. The first-order chi connectivity index (χ1) is 11.5. The van der Waals surface area contributed by atoms with Gasteiger partial charge in [-0.2, -0.15) is 0 Å². The van der Waals surface area contributed by atoms with E-state index in [0.717, 1.165) is 56.0 Å². The highest BCUT2D eigenvalue weighted by molar-refractivity contribution is 14.0. The van der Waals surface area contributed by atoms with E-state index in [-0.39, 0.29) is 29.5 Å². The van der Waals surface area contributed by atoms with Crippen molar-refractivity contribution in [2.24, 2.45) is 4.99 Å². The van der Waals surface area contributed by atoms with Crippen LogP contribution in [0.3, 0.4) is 0 Å². The lowest BCUT2D eigenvalue weighted by Gasteiger charge is -2.42. The Bertz CT molecular complexity index is 547. The van der Waals surface area contributed by atoms with Crippen molar-refractivity contribution >= 4 is 52.9 Å². The number of likely N-dealkylation sites (N-methyl/N-ethyl adjacent to an activating group) is 1. The van der Waals surface area contributed by atoms with Crippen molar-refractivity contribution in [2.75, 3.05) is 47.4 Å². The number of thiophene rings is 1. The van der Waals surface area contributed by atoms with Crippen LogP contribution in [-0.2, 0) is 11.3 Å². The highest BCUT2D eigenvalue weighted by Gasteiger charge is 2.34. The molecule has 1 aromatic rings. The Morgan fingerprint density at radius 1 is 1.32 bits per heavy atom. The Morgan fingerprint density at radius 3 is 2.52 bits per heavy atom. The third-order valence-corrected chi connectivity index (χ3v) is 5.83. The number of rotatable bonds is 6. The molecule has 25 heavy (non-hydrogen) atoms. The van der Waals surface area contributed by atoms with Crippen molar-refractivity contribution < 1.29 is 4.74 Å². The van der Waals surface area contributed by atoms with Crippen molar-refractivity contribution in [1.29, 1.82) is 0 Å². The lowest BCUT2D eigenvalue weighted by molar-refractivity contribution is -0.00262. The van der Waals surface area contributed by atoms with Crippen molar-refractivity contribution in [1.82, 2.24) is 15.1 Å². The number of nitrogens with zero attached hydrogens (tertiary/aromatic N) is 3. The smallest absolute Gasteiger partial charge is 0.194 e. The zero-order valence-electron chi connectivity index (χ0n) is 15.5. The van der Waals surface area contributed by atoms with E-state index in [9.17, 15) is 0 Å². The predicted octanol–water partition coefficient (Wildman–Crippen LogP) is 3.53. The van der Waals surface area contributed by atoms with Crippen molar-refractivity contribution in [3.05, 3.63) is 21.3 Å². The minimum atomic E-state index is 0. The highest BCUT2D eigenvalue weighted by atomic mass is 127. The lowest BCUT2D eigenvalue weighted by Crippen LogP contribution is -2.51. The molecule has 2 rings (SSSR count). The van der Waals surface area contributed by atoms with Gasteiger partial charge in [-0.15, -0.1) is 35.3 Å². The molecule has 1 aliphatic heterocycles. The molecule has 1 aromatic heterocycles. The number of aliphatic imine (C=N–C) groups is 1. The number of halogens is 2. The van der Waals surface area contributed by atoms with Crippen LogP contribution < -0.4 is 5.32 Å². The van der Waals surface area contributed by atoms with Gasteiger partial charge in [0.2, 0.25) is 0 Å². The SMILES string of the molecule is CCNC(=NCC1(N(C)C)CCOCC1)N(C)Cc1ccc(Cl)s1.I. The van der Waals surface area contributed by atoms with Gasteiger partial charge in [-0.25, -0.2) is 0 Å². The fourth-order valence-corrected chi connectivity index (χ4v) is 4.08. The van der Waals surface area contributed by atoms with Gasteiger partial charge in [-0.05, 0) is 46.0 Å². The molecule has 1 aliphatic rings. The van der Waals surface area contributed by atoms with Crippen LogP contribution in [0.15, 0.2) is 17.1 Å². The molecule has 1 N–H and O–H groups in total. The van der Waals surface area contributed by atoms with Gasteiger partial charge >= 0.3 is 0 Å². The van der Waals surface area contributed by atoms with Gasteiger partial charge < -0.3 is 19.9 Å². The van der Waals surface area contributed by atoms with Crippen LogP contribution in [0.1, 0.15) is 24.6 Å². The van der Waals surface area contributed by atoms with Crippen LogP contribution in [0.25, 0.3) is 0 Å². The highest BCUT2D eigenvalue weighted by Crippen LogP contribution is 2.26. The second-order valence-electron chi connectivity index (χ2n) is 6.46. The summed E-state index contributed by atoms with van der Waals surface area (Å²) in [6.45, 7) is 6.16. The summed E-state index contributed by atoms with van der Waals surface area (Å²) < 4.78 is 6.37. The second-order valence-corrected chi connectivity index (χ2v) is 8.26. The molecule has 0 aromatic carbocycles. The van der Waals surface area contributed by atoms with Gasteiger partial charge in [0.15, 0.2) is 5.96 Å². The van der Waals surface area contributed by atoms with Crippen LogP contribution in [0, 0.1) is 0 Å². The first kappa shape index (κ1) is 23.0. The van der Waals surface area contributed by atoms with Crippen LogP contribution in [0.2, 0.25) is 4.34 Å². The molecule has 0 aliphatic carbocycles. The normalized spacial score (nSPS) is 17.3. The van der Waals surface area contributed by atoms with E-state index >= 15 is 0 Å². The third kappa shape index (κ3) is 6.53. The summed E-state index contributed by atoms with van der Waals surface area (Å²) in [5.74, 6) is 0.940. The first-order valence-corrected chi connectivity index (χ1v) is 9.65. The number of guanidine groups is 1. The lowest BCUT2D eigenvalue weighted by atomic mass is 9.89. The zero-order valence-corrected chi connectivity index (χ0v) is 19.5. The maximum atomic E-state index is 6.04. The Morgan fingerprint density at radius 2 is 2.00 bits per heavy atom. The summed E-state index contributed by atoms with van der Waals surface area (Å²) in [6, 6.07) is 4.02. The number of ether oxygens (including phenoxy) is 1. The fourth-order valence-electron chi connectivity index (χ4n) is 2.94. The second kappa shape index (κ2) is 10.9. The Balaban J connectivity index is 0.00000312. The first-order valence-electron chi connectivity index (χ1n) is 8.46. The minimum absolute atomic E-state index is 0. The van der Waals surface area contributed by atoms with Gasteiger partial charge in [0.1, 0.15) is 0 Å². The van der Waals surface area contributed by atoms with Crippen LogP contribution in [-0.4, -0.2) is 68.7 Å². The summed E-state index contributed by atoms with van der Waals surface area (Å²) in [5.41, 5.74) is 0.0893. The molecular weight excluding hydrogens is 471 g/mol. The van der Waals surface area contributed by atoms with Crippen molar-refractivity contribution in [2.45, 2.75) is 31.8 Å². The molecule has 8 heteroatoms. The van der Waals surface area contributed by atoms with E-state index in [0.29, 0.717) is 0 Å². The zero-order chi connectivity index (χ0) is 17.6. The van der Waals surface area contributed by atoms with E-state index in [4.69, 9.17) is 21.3 Å². The standard InChI is InChI=1S/C17H29ClN4OS.HI/c1-5-19-16(22(4)12-14-6-7-15(18)24-14)20-13-17(21(2)3)8-10-23-11-9-17;/h6-7H,5,8-13H2,1-4H3,(H,19,20);1H. The number of nitrogens with one attached hydrogen (secondary N) is 1. The van der Waals surface area contributed by atoms with Crippen molar-refractivity contribution in [3.63, 3.8) is 0 Å². The molecule has 1 fully saturated rings. The van der Waals surface area contributed by atoms with Crippen molar-refractivity contribution in [3.8, 4) is 0 Å². The summed E-state index contributed by atoms with van der Waals surface area (Å²) in [6.07, 6.45) is 2.04. The summed E-state index contributed by atoms with van der Waals surface area (Å²) in [5, 5.41) is 3.40. The van der Waals surface area contributed by atoms with Gasteiger partial charge in [0.05, 0.1) is 17.4 Å². The maximum Gasteiger partial charge on any atom is 0.194 e. The molecule has 1 saturated heterocycles. The Kier molecular flexibility index (Phi) is 10.0. The van der Waals surface area contributed by atoms with Crippen LogP contribution >= 0.6 is 46.9 Å². The van der Waals surface area contributed by atoms with Crippen LogP contribution in [0.4, 0.5) is 0 Å². The predicted molar refractivity (Wildman–Crippen MR) is 119 cm³/mol. The number of hydrogen-bond acceptors (Lipinski definition) is 4. The largest absolute Gasteiger partial charge is 0.381 e. The van der Waals surface area contributed by atoms with E-state index in [1.54, 1.807) is 11.3 Å². The quantitative estimate of drug-likeness (QED) is 0.369. The summed E-state index contributed by atoms with van der Waals surface area (Å²) in [7, 11) is 6.36. The van der Waals surface area contributed by atoms with Gasteiger partial charge in [0.25, 0.3) is 0 Å². The van der Waals surface area contributed by atoms with Gasteiger partial charge in [0, 0.05) is 37.2 Å². The van der Waals surface area contributed by atoms with Gasteiger partial charge in [-0.1, -0.05) is 11.6 Å². The Labute approximate surface area is 177 Å². The molecule has 144 valence electrons. The molecule has 0 spiro atoms. The van der Waals surface area contributed by atoms with E-state index < -0.39 is 0 Å². The minimum Gasteiger partial charge on any atom is -0.381 e. The monoisotopic (exact) mass is 500 g/mol. The average molecular weight is 501 g/mol. The number of hydrogen-bond donors (Lipinski definition) is 1. The van der Waals surface area contributed by atoms with E-state index in [1.807, 2.05) is 6.07 Å². The molecular formula is C17H30ClIN4OS. The molecule has 0 amide bonds. The van der Waals surface area contributed by atoms with Gasteiger partial charge in [-0.3, -0.25) is 4.99 Å². The molecule has 0 saturated carbocycles. The molecule has 2 heterocycles. The maximum absolute atomic E-state index is 6.04. The summed E-state index contributed by atoms with van der Waals surface area (Å²) >= 11 is 7.66. The topological polar surface area (TPSA) is 40.1 Å². The molecule has 0 bridgehead atoms. The molecule has 0 unspecified atom stereocenters. The van der Waals surface area contributed by atoms with E-state index in [1.165, 1.54) is 4.88 Å². The molecule has 0 atom stereocenters. The third-order valence-electron chi connectivity index (χ3n) is 4.61.